The van der Waals surface area contributed by atoms with Crippen LogP contribution in [-0.2, 0) is 0 Å². The van der Waals surface area contributed by atoms with Crippen molar-refractivity contribution in [2.45, 2.75) is 13.8 Å². The highest BCUT2D eigenvalue weighted by molar-refractivity contribution is 7.07. The summed E-state index contributed by atoms with van der Waals surface area (Å²) in [5.74, 6) is 1.46. The Balaban J connectivity index is 1.82. The summed E-state index contributed by atoms with van der Waals surface area (Å²) >= 11 is 1.25. The van der Waals surface area contributed by atoms with Crippen molar-refractivity contribution in [3.8, 4) is 22.3 Å². The topological polar surface area (TPSA) is 50.6 Å². The molecule has 0 spiro atoms. The number of aliphatic imine (C=N–C) groups is 1. The lowest BCUT2D eigenvalue weighted by molar-refractivity contribution is 0.475. The first kappa shape index (κ1) is 17.1. The molecule has 0 aliphatic carbocycles. The van der Waals surface area contributed by atoms with Crippen LogP contribution in [0.1, 0.15) is 11.1 Å². The highest BCUT2D eigenvalue weighted by Crippen LogP contribution is 2.33. The molecule has 1 aromatic heterocycles. The Morgan fingerprint density at radius 3 is 2.56 bits per heavy atom. The first-order valence-corrected chi connectivity index (χ1v) is 8.69. The molecule has 0 aliphatic heterocycles. The largest absolute Gasteiger partial charge is 0.430 e. The van der Waals surface area contributed by atoms with E-state index in [-0.39, 0.29) is 0 Å². The van der Waals surface area contributed by atoms with E-state index >= 15 is 0 Å². The Morgan fingerprint density at radius 1 is 1.08 bits per heavy atom. The minimum atomic E-state index is 0.533. The average Bonchev–Trinajstić information content (AvgIpc) is 3.06. The molecule has 0 saturated heterocycles. The fourth-order valence-corrected chi connectivity index (χ4v) is 2.82. The lowest BCUT2D eigenvalue weighted by Crippen LogP contribution is -2.07. The van der Waals surface area contributed by atoms with E-state index in [4.69, 9.17) is 4.74 Å². The molecule has 0 fully saturated rings. The van der Waals surface area contributed by atoms with Gasteiger partial charge in [-0.2, -0.15) is 9.36 Å². The Labute approximate surface area is 151 Å². The standard InChI is InChI=1S/C19H20N4OS/c1-13-11-17(14(2)10-16(13)20-12-23(3)4)24-19-21-18(22-25-19)15-8-6-5-7-9-15/h5-12H,1-4H3. The van der Waals surface area contributed by atoms with Crippen molar-refractivity contribution in [1.29, 1.82) is 0 Å². The quantitative estimate of drug-likeness (QED) is 0.487. The third-order valence-electron chi connectivity index (χ3n) is 3.56. The molecule has 5 nitrogen and oxygen atoms in total. The van der Waals surface area contributed by atoms with Gasteiger partial charge in [-0.05, 0) is 37.1 Å². The van der Waals surface area contributed by atoms with Crippen LogP contribution in [0, 0.1) is 13.8 Å². The predicted molar refractivity (Wildman–Crippen MR) is 103 cm³/mol. The number of benzene rings is 2. The van der Waals surface area contributed by atoms with Gasteiger partial charge < -0.3 is 9.64 Å². The number of aromatic nitrogens is 2. The first-order valence-electron chi connectivity index (χ1n) is 7.92. The maximum Gasteiger partial charge on any atom is 0.299 e. The smallest absolute Gasteiger partial charge is 0.299 e. The van der Waals surface area contributed by atoms with Crippen LogP contribution in [0.2, 0.25) is 0 Å². The van der Waals surface area contributed by atoms with Gasteiger partial charge in [-0.25, -0.2) is 4.99 Å². The van der Waals surface area contributed by atoms with Gasteiger partial charge >= 0.3 is 0 Å². The number of hydrogen-bond acceptors (Lipinski definition) is 5. The van der Waals surface area contributed by atoms with Gasteiger partial charge in [0.2, 0.25) is 0 Å². The maximum absolute atomic E-state index is 5.96. The van der Waals surface area contributed by atoms with Crippen LogP contribution in [-0.4, -0.2) is 34.7 Å². The molecule has 1 heterocycles. The van der Waals surface area contributed by atoms with Gasteiger partial charge in [0.05, 0.1) is 12.0 Å². The van der Waals surface area contributed by atoms with E-state index in [1.54, 1.807) is 6.34 Å². The lowest BCUT2D eigenvalue weighted by atomic mass is 10.1. The molecule has 0 unspecified atom stereocenters. The number of rotatable bonds is 5. The third-order valence-corrected chi connectivity index (χ3v) is 4.15. The Morgan fingerprint density at radius 2 is 1.84 bits per heavy atom. The summed E-state index contributed by atoms with van der Waals surface area (Å²) in [4.78, 5) is 10.9. The van der Waals surface area contributed by atoms with Crippen LogP contribution in [0.15, 0.2) is 47.5 Å². The van der Waals surface area contributed by atoms with Crippen molar-refractivity contribution >= 4 is 23.6 Å². The normalized spacial score (nSPS) is 11.0. The predicted octanol–water partition coefficient (Wildman–Crippen LogP) is 4.84. The van der Waals surface area contributed by atoms with E-state index in [0.29, 0.717) is 11.0 Å². The van der Waals surface area contributed by atoms with Crippen LogP contribution in [0.5, 0.6) is 10.9 Å². The second-order valence-electron chi connectivity index (χ2n) is 5.96. The van der Waals surface area contributed by atoms with Crippen molar-refractivity contribution in [3.05, 3.63) is 53.6 Å². The summed E-state index contributed by atoms with van der Waals surface area (Å²) in [7, 11) is 3.89. The van der Waals surface area contributed by atoms with Crippen molar-refractivity contribution in [1.82, 2.24) is 14.3 Å². The van der Waals surface area contributed by atoms with Gasteiger partial charge in [0.15, 0.2) is 5.82 Å². The molecule has 0 amide bonds. The van der Waals surface area contributed by atoms with Gasteiger partial charge in [-0.3, -0.25) is 0 Å². The molecule has 0 N–H and O–H groups in total. The molecule has 0 saturated carbocycles. The van der Waals surface area contributed by atoms with Crippen molar-refractivity contribution in [2.24, 2.45) is 4.99 Å². The second-order valence-corrected chi connectivity index (χ2v) is 6.68. The van der Waals surface area contributed by atoms with Crippen LogP contribution < -0.4 is 4.74 Å². The first-order chi connectivity index (χ1) is 12.0. The highest BCUT2D eigenvalue weighted by Gasteiger charge is 2.11. The summed E-state index contributed by atoms with van der Waals surface area (Å²) in [6, 6.07) is 13.9. The summed E-state index contributed by atoms with van der Waals surface area (Å²) in [6.45, 7) is 4.02. The Kier molecular flexibility index (Phi) is 5.09. The summed E-state index contributed by atoms with van der Waals surface area (Å²) in [5.41, 5.74) is 3.97. The minimum absolute atomic E-state index is 0.533. The monoisotopic (exact) mass is 352 g/mol. The number of hydrogen-bond donors (Lipinski definition) is 0. The third kappa shape index (κ3) is 4.22. The highest BCUT2D eigenvalue weighted by atomic mass is 32.1. The van der Waals surface area contributed by atoms with Gasteiger partial charge in [0.1, 0.15) is 5.75 Å². The lowest BCUT2D eigenvalue weighted by Gasteiger charge is -2.10. The zero-order valence-electron chi connectivity index (χ0n) is 14.7. The summed E-state index contributed by atoms with van der Waals surface area (Å²) in [5, 5.41) is 0.533. The van der Waals surface area contributed by atoms with Gasteiger partial charge in [0.25, 0.3) is 5.19 Å². The van der Waals surface area contributed by atoms with E-state index in [0.717, 1.165) is 28.1 Å². The molecule has 0 aliphatic rings. The zero-order valence-corrected chi connectivity index (χ0v) is 15.5. The molecule has 6 heteroatoms. The second kappa shape index (κ2) is 7.44. The SMILES string of the molecule is Cc1cc(Oc2nc(-c3ccccc3)ns2)c(C)cc1N=CN(C)C. The van der Waals surface area contributed by atoms with Crippen molar-refractivity contribution < 1.29 is 4.74 Å². The van der Waals surface area contributed by atoms with Gasteiger partial charge in [0, 0.05) is 31.2 Å². The Hall–Kier alpha value is -2.73. The molecule has 0 bridgehead atoms. The summed E-state index contributed by atoms with van der Waals surface area (Å²) < 4.78 is 10.3. The molecule has 0 radical (unpaired) electrons. The zero-order chi connectivity index (χ0) is 17.8. The minimum Gasteiger partial charge on any atom is -0.430 e. The Bertz CT molecular complexity index is 888. The van der Waals surface area contributed by atoms with E-state index in [1.807, 2.05) is 75.3 Å². The van der Waals surface area contributed by atoms with Crippen LogP contribution in [0.4, 0.5) is 5.69 Å². The average molecular weight is 352 g/mol. The fourth-order valence-electron chi connectivity index (χ4n) is 2.25. The number of aryl methyl sites for hydroxylation is 2. The molecule has 128 valence electrons. The van der Waals surface area contributed by atoms with Gasteiger partial charge in [-0.1, -0.05) is 30.3 Å². The molecule has 3 rings (SSSR count). The molecular formula is C19H20N4OS. The van der Waals surface area contributed by atoms with Gasteiger partial charge in [-0.15, -0.1) is 0 Å². The molecule has 25 heavy (non-hydrogen) atoms. The van der Waals surface area contributed by atoms with Crippen LogP contribution in [0.25, 0.3) is 11.4 Å². The number of ether oxygens (including phenoxy) is 1. The maximum atomic E-state index is 5.96. The van der Waals surface area contributed by atoms with E-state index in [1.165, 1.54) is 11.5 Å². The van der Waals surface area contributed by atoms with Crippen molar-refractivity contribution in [3.63, 3.8) is 0 Å². The van der Waals surface area contributed by atoms with E-state index in [9.17, 15) is 0 Å². The van der Waals surface area contributed by atoms with E-state index < -0.39 is 0 Å². The summed E-state index contributed by atoms with van der Waals surface area (Å²) in [6.07, 6.45) is 1.79. The van der Waals surface area contributed by atoms with Crippen molar-refractivity contribution in [2.75, 3.05) is 14.1 Å². The van der Waals surface area contributed by atoms with Crippen LogP contribution in [0.3, 0.4) is 0 Å². The molecule has 0 atom stereocenters. The molecule has 3 aromatic rings. The van der Waals surface area contributed by atoms with Crippen LogP contribution >= 0.6 is 11.5 Å². The molecular weight excluding hydrogens is 332 g/mol. The number of nitrogens with zero attached hydrogens (tertiary/aromatic N) is 4. The van der Waals surface area contributed by atoms with E-state index in [2.05, 4.69) is 14.3 Å². The molecule has 2 aromatic carbocycles. The fraction of sp³-hybridized carbons (Fsp3) is 0.211.